The molecular weight excluding hydrogens is 242 g/mol. The van der Waals surface area contributed by atoms with E-state index in [1.165, 1.54) is 13.3 Å². The summed E-state index contributed by atoms with van der Waals surface area (Å²) in [6, 6.07) is -0.567. The second-order valence-electron chi connectivity index (χ2n) is 6.22. The molecule has 0 aliphatic heterocycles. The first-order valence-corrected chi connectivity index (χ1v) is 7.28. The van der Waals surface area contributed by atoms with Crippen LogP contribution in [0.4, 0.5) is 0 Å². The van der Waals surface area contributed by atoms with Gasteiger partial charge in [0.15, 0.2) is 0 Å². The van der Waals surface area contributed by atoms with E-state index in [-0.39, 0.29) is 18.0 Å². The molecule has 1 aliphatic carbocycles. The summed E-state index contributed by atoms with van der Waals surface area (Å²) in [7, 11) is 0. The molecule has 0 aromatic heterocycles. The third-order valence-electron chi connectivity index (χ3n) is 4.00. The summed E-state index contributed by atoms with van der Waals surface area (Å²) in [5.41, 5.74) is 0. The van der Waals surface area contributed by atoms with Gasteiger partial charge >= 0.3 is 5.97 Å². The lowest BCUT2D eigenvalue weighted by Crippen LogP contribution is -2.43. The molecule has 1 amide bonds. The number of ether oxygens (including phenoxy) is 1. The quantitative estimate of drug-likeness (QED) is 0.798. The summed E-state index contributed by atoms with van der Waals surface area (Å²) in [4.78, 5) is 22.9. The highest BCUT2D eigenvalue weighted by atomic mass is 16.5. The third-order valence-corrected chi connectivity index (χ3v) is 4.00. The van der Waals surface area contributed by atoms with Gasteiger partial charge in [0.25, 0.3) is 0 Å². The van der Waals surface area contributed by atoms with E-state index in [2.05, 4.69) is 26.1 Å². The number of carbonyl (C=O) groups excluding carboxylic acids is 2. The van der Waals surface area contributed by atoms with E-state index in [1.807, 2.05) is 0 Å². The molecule has 1 N–H and O–H groups in total. The first kappa shape index (κ1) is 16.0. The van der Waals surface area contributed by atoms with E-state index in [9.17, 15) is 9.59 Å². The van der Waals surface area contributed by atoms with Gasteiger partial charge in [0, 0.05) is 6.92 Å². The predicted molar refractivity (Wildman–Crippen MR) is 74.5 cm³/mol. The van der Waals surface area contributed by atoms with Crippen LogP contribution < -0.4 is 5.32 Å². The summed E-state index contributed by atoms with van der Waals surface area (Å²) in [6.07, 6.45) is 3.25. The molecule has 0 aromatic carbocycles. The molecule has 1 fully saturated rings. The SMILES string of the molecule is CC(=O)N[C@H](C)C(=O)O[C@@H]1C[C@H](C)CC[C@H]1C(C)C. The topological polar surface area (TPSA) is 55.4 Å². The maximum atomic E-state index is 12.0. The zero-order valence-electron chi connectivity index (χ0n) is 12.7. The molecule has 4 atom stereocenters. The van der Waals surface area contributed by atoms with Crippen molar-refractivity contribution in [3.8, 4) is 0 Å². The summed E-state index contributed by atoms with van der Waals surface area (Å²) < 4.78 is 5.64. The molecule has 0 aromatic rings. The molecule has 0 unspecified atom stereocenters. The van der Waals surface area contributed by atoms with Crippen LogP contribution in [0.2, 0.25) is 0 Å². The van der Waals surface area contributed by atoms with Crippen molar-refractivity contribution in [2.24, 2.45) is 17.8 Å². The van der Waals surface area contributed by atoms with Gasteiger partial charge in [-0.05, 0) is 37.5 Å². The van der Waals surface area contributed by atoms with Crippen LogP contribution in [0.5, 0.6) is 0 Å². The van der Waals surface area contributed by atoms with Gasteiger partial charge in [-0.25, -0.2) is 4.79 Å². The summed E-state index contributed by atoms with van der Waals surface area (Å²) in [6.45, 7) is 9.63. The molecule has 4 heteroatoms. The Morgan fingerprint density at radius 3 is 2.37 bits per heavy atom. The fraction of sp³-hybridized carbons (Fsp3) is 0.867. The zero-order valence-corrected chi connectivity index (χ0v) is 12.7. The maximum Gasteiger partial charge on any atom is 0.328 e. The molecule has 0 heterocycles. The first-order chi connectivity index (χ1) is 8.81. The second-order valence-corrected chi connectivity index (χ2v) is 6.22. The summed E-state index contributed by atoms with van der Waals surface area (Å²) in [5.74, 6) is 1.02. The van der Waals surface area contributed by atoms with Gasteiger partial charge in [-0.2, -0.15) is 0 Å². The minimum absolute atomic E-state index is 0.00698. The van der Waals surface area contributed by atoms with E-state index >= 15 is 0 Å². The number of amides is 1. The molecule has 1 aliphatic rings. The predicted octanol–water partition coefficient (Wildman–Crippen LogP) is 2.52. The van der Waals surface area contributed by atoms with Crippen molar-refractivity contribution in [1.29, 1.82) is 0 Å². The Bertz CT molecular complexity index is 327. The summed E-state index contributed by atoms with van der Waals surface area (Å²) >= 11 is 0. The Hall–Kier alpha value is -1.06. The molecule has 1 saturated carbocycles. The van der Waals surface area contributed by atoms with Crippen LogP contribution in [0.15, 0.2) is 0 Å². The number of hydrogen-bond acceptors (Lipinski definition) is 3. The number of carbonyl (C=O) groups is 2. The van der Waals surface area contributed by atoms with Crippen molar-refractivity contribution in [2.45, 2.75) is 66.0 Å². The van der Waals surface area contributed by atoms with Gasteiger partial charge in [0.2, 0.25) is 5.91 Å². The molecule has 0 saturated heterocycles. The van der Waals surface area contributed by atoms with E-state index in [0.717, 1.165) is 12.8 Å². The maximum absolute atomic E-state index is 12.0. The monoisotopic (exact) mass is 269 g/mol. The second kappa shape index (κ2) is 6.92. The Morgan fingerprint density at radius 1 is 1.21 bits per heavy atom. The molecule has 0 spiro atoms. The van der Waals surface area contributed by atoms with Gasteiger partial charge in [0.1, 0.15) is 12.1 Å². The van der Waals surface area contributed by atoms with Crippen LogP contribution in [-0.4, -0.2) is 24.0 Å². The highest BCUT2D eigenvalue weighted by Crippen LogP contribution is 2.35. The van der Waals surface area contributed by atoms with Gasteiger partial charge in [0.05, 0.1) is 0 Å². The lowest BCUT2D eigenvalue weighted by atomic mass is 9.75. The van der Waals surface area contributed by atoms with Crippen LogP contribution in [0.1, 0.15) is 53.9 Å². The van der Waals surface area contributed by atoms with Gasteiger partial charge in [-0.1, -0.05) is 27.2 Å². The van der Waals surface area contributed by atoms with Gasteiger partial charge in [-0.15, -0.1) is 0 Å². The van der Waals surface area contributed by atoms with Crippen molar-refractivity contribution < 1.29 is 14.3 Å². The molecule has 0 bridgehead atoms. The van der Waals surface area contributed by atoms with Gasteiger partial charge in [-0.3, -0.25) is 4.79 Å². The summed E-state index contributed by atoms with van der Waals surface area (Å²) in [5, 5.41) is 2.57. The minimum Gasteiger partial charge on any atom is -0.461 e. The Kier molecular flexibility index (Phi) is 5.83. The Balaban J connectivity index is 2.60. The van der Waals surface area contributed by atoms with Crippen LogP contribution in [-0.2, 0) is 14.3 Å². The highest BCUT2D eigenvalue weighted by molar-refractivity contribution is 5.82. The Labute approximate surface area is 116 Å². The van der Waals surface area contributed by atoms with Crippen molar-refractivity contribution in [2.75, 3.05) is 0 Å². The van der Waals surface area contributed by atoms with Crippen molar-refractivity contribution in [3.63, 3.8) is 0 Å². The van der Waals surface area contributed by atoms with Crippen molar-refractivity contribution in [1.82, 2.24) is 5.32 Å². The molecule has 4 nitrogen and oxygen atoms in total. The number of nitrogens with one attached hydrogen (secondary N) is 1. The minimum atomic E-state index is -0.567. The van der Waals surface area contributed by atoms with Crippen molar-refractivity contribution >= 4 is 11.9 Å². The molecule has 1 rings (SSSR count). The number of rotatable bonds is 4. The smallest absolute Gasteiger partial charge is 0.328 e. The largest absolute Gasteiger partial charge is 0.461 e. The molecular formula is C15H27NO3. The normalized spacial score (nSPS) is 28.8. The number of esters is 1. The fourth-order valence-corrected chi connectivity index (χ4v) is 2.87. The average Bonchev–Trinajstić information content (AvgIpc) is 2.27. The van der Waals surface area contributed by atoms with Crippen LogP contribution >= 0.6 is 0 Å². The van der Waals surface area contributed by atoms with E-state index in [0.29, 0.717) is 17.8 Å². The van der Waals surface area contributed by atoms with E-state index < -0.39 is 6.04 Å². The Morgan fingerprint density at radius 2 is 1.84 bits per heavy atom. The van der Waals surface area contributed by atoms with E-state index in [1.54, 1.807) is 6.92 Å². The molecule has 0 radical (unpaired) electrons. The van der Waals surface area contributed by atoms with E-state index in [4.69, 9.17) is 4.74 Å². The standard InChI is InChI=1S/C15H27NO3/c1-9(2)13-7-6-10(3)8-14(13)19-15(18)11(4)16-12(5)17/h9-11,13-14H,6-8H2,1-5H3,(H,16,17)/t10-,11-,13+,14-/m1/s1. The first-order valence-electron chi connectivity index (χ1n) is 7.28. The lowest BCUT2D eigenvalue weighted by molar-refractivity contribution is -0.159. The highest BCUT2D eigenvalue weighted by Gasteiger charge is 2.34. The third kappa shape index (κ3) is 4.84. The van der Waals surface area contributed by atoms with Crippen LogP contribution in [0, 0.1) is 17.8 Å². The zero-order chi connectivity index (χ0) is 14.6. The molecule has 110 valence electrons. The van der Waals surface area contributed by atoms with Crippen molar-refractivity contribution in [3.05, 3.63) is 0 Å². The fourth-order valence-electron chi connectivity index (χ4n) is 2.87. The number of hydrogen-bond donors (Lipinski definition) is 1. The van der Waals surface area contributed by atoms with Gasteiger partial charge < -0.3 is 10.1 Å². The average molecular weight is 269 g/mol. The lowest BCUT2D eigenvalue weighted by Gasteiger charge is -2.37. The van der Waals surface area contributed by atoms with Crippen LogP contribution in [0.3, 0.4) is 0 Å². The van der Waals surface area contributed by atoms with Crippen LogP contribution in [0.25, 0.3) is 0 Å². The molecule has 19 heavy (non-hydrogen) atoms.